The lowest BCUT2D eigenvalue weighted by atomic mass is 10.1. The number of thioether (sulfide) groups is 1. The van der Waals surface area contributed by atoms with Gasteiger partial charge in [0.15, 0.2) is 0 Å². The number of carbonyl (C=O) groups is 1. The molecule has 0 bridgehead atoms. The van der Waals surface area contributed by atoms with Crippen molar-refractivity contribution < 1.29 is 9.53 Å². The molecule has 7 nitrogen and oxygen atoms in total. The summed E-state index contributed by atoms with van der Waals surface area (Å²) in [6.45, 7) is 4.65. The summed E-state index contributed by atoms with van der Waals surface area (Å²) in [6, 6.07) is 20.0. The summed E-state index contributed by atoms with van der Waals surface area (Å²) in [5.74, 6) is 1.09. The highest BCUT2D eigenvalue weighted by Crippen LogP contribution is 2.22. The number of aromatic nitrogens is 4. The Kier molecular flexibility index (Phi) is 7.97. The van der Waals surface area contributed by atoms with Gasteiger partial charge in [0.1, 0.15) is 5.75 Å². The maximum absolute atomic E-state index is 13.4. The second-order valence-electron chi connectivity index (χ2n) is 8.00. The van der Waals surface area contributed by atoms with Gasteiger partial charge < -0.3 is 9.64 Å². The minimum atomic E-state index is 0.0432. The number of aryl methyl sites for hydroxylation is 1. The van der Waals surface area contributed by atoms with Crippen molar-refractivity contribution in [2.75, 3.05) is 12.9 Å². The molecule has 9 heteroatoms. The van der Waals surface area contributed by atoms with Gasteiger partial charge in [-0.05, 0) is 71.1 Å². The van der Waals surface area contributed by atoms with E-state index >= 15 is 0 Å². The second-order valence-corrected chi connectivity index (χ2v) is 9.98. The van der Waals surface area contributed by atoms with E-state index in [0.29, 0.717) is 11.7 Å². The van der Waals surface area contributed by atoms with Crippen molar-refractivity contribution in [3.63, 3.8) is 0 Å². The van der Waals surface area contributed by atoms with Gasteiger partial charge in [0.05, 0.1) is 18.6 Å². The maximum atomic E-state index is 13.4. The number of methoxy groups -OCH3 is 1. The summed E-state index contributed by atoms with van der Waals surface area (Å²) >= 11 is 3.07. The van der Waals surface area contributed by atoms with Crippen LogP contribution in [0, 0.1) is 6.92 Å². The molecule has 4 rings (SSSR count). The van der Waals surface area contributed by atoms with Gasteiger partial charge in [-0.3, -0.25) is 4.79 Å². The molecule has 0 fully saturated rings. The molecule has 34 heavy (non-hydrogen) atoms. The van der Waals surface area contributed by atoms with Gasteiger partial charge in [-0.25, -0.2) is 0 Å². The van der Waals surface area contributed by atoms with E-state index in [4.69, 9.17) is 4.74 Å². The van der Waals surface area contributed by atoms with Crippen LogP contribution in [0.15, 0.2) is 71.2 Å². The molecule has 0 aliphatic rings. The average molecular weight is 494 g/mol. The number of hydrogen-bond donors (Lipinski definition) is 0. The van der Waals surface area contributed by atoms with E-state index in [1.54, 1.807) is 23.1 Å². The highest BCUT2D eigenvalue weighted by Gasteiger charge is 2.22. The first kappa shape index (κ1) is 24.0. The first-order chi connectivity index (χ1) is 16.5. The molecule has 4 aromatic rings. The van der Waals surface area contributed by atoms with E-state index in [2.05, 4.69) is 33.9 Å². The van der Waals surface area contributed by atoms with E-state index in [9.17, 15) is 4.79 Å². The number of ether oxygens (including phenoxy) is 1. The van der Waals surface area contributed by atoms with Crippen LogP contribution in [0.5, 0.6) is 5.75 Å². The molecular weight excluding hydrogens is 466 g/mol. The van der Waals surface area contributed by atoms with Crippen LogP contribution >= 0.6 is 23.1 Å². The summed E-state index contributed by atoms with van der Waals surface area (Å²) in [7, 11) is 1.65. The molecule has 1 amide bonds. The van der Waals surface area contributed by atoms with Gasteiger partial charge in [0.25, 0.3) is 0 Å². The lowest BCUT2D eigenvalue weighted by Gasteiger charge is -2.29. The Hall–Kier alpha value is -3.17. The fraction of sp³-hybridized carbons (Fsp3) is 0.280. The number of thiophene rings is 1. The minimum absolute atomic E-state index is 0.0432. The molecule has 0 N–H and O–H groups in total. The molecule has 0 spiro atoms. The summed E-state index contributed by atoms with van der Waals surface area (Å²) in [4.78, 5) is 16.6. The SMILES string of the molecule is COc1ccc(CN(C(=O)CSc2nnnn2-c2cccc(C)c2)[C@H](C)Cc2cccs2)cc1. The lowest BCUT2D eigenvalue weighted by molar-refractivity contribution is -0.131. The summed E-state index contributed by atoms with van der Waals surface area (Å²) < 4.78 is 6.94. The Morgan fingerprint density at radius 3 is 2.71 bits per heavy atom. The van der Waals surface area contributed by atoms with Gasteiger partial charge in [0, 0.05) is 23.9 Å². The van der Waals surface area contributed by atoms with E-state index in [0.717, 1.165) is 29.0 Å². The van der Waals surface area contributed by atoms with Crippen molar-refractivity contribution in [2.24, 2.45) is 0 Å². The van der Waals surface area contributed by atoms with Crippen LogP contribution in [0.4, 0.5) is 0 Å². The van der Waals surface area contributed by atoms with Gasteiger partial charge in [-0.1, -0.05) is 42.1 Å². The Balaban J connectivity index is 1.49. The summed E-state index contributed by atoms with van der Waals surface area (Å²) in [6.07, 6.45) is 0.811. The molecule has 176 valence electrons. The third-order valence-corrected chi connectivity index (χ3v) is 7.26. The van der Waals surface area contributed by atoms with Gasteiger partial charge in [-0.2, -0.15) is 4.68 Å². The smallest absolute Gasteiger partial charge is 0.233 e. The van der Waals surface area contributed by atoms with Crippen LogP contribution in [0.2, 0.25) is 0 Å². The fourth-order valence-electron chi connectivity index (χ4n) is 3.65. The van der Waals surface area contributed by atoms with Gasteiger partial charge in [0.2, 0.25) is 11.1 Å². The third-order valence-electron chi connectivity index (χ3n) is 5.45. The topological polar surface area (TPSA) is 73.1 Å². The van der Waals surface area contributed by atoms with Crippen molar-refractivity contribution in [1.29, 1.82) is 0 Å². The lowest BCUT2D eigenvalue weighted by Crippen LogP contribution is -2.40. The Morgan fingerprint density at radius 2 is 2.00 bits per heavy atom. The third kappa shape index (κ3) is 6.03. The predicted molar refractivity (Wildman–Crippen MR) is 136 cm³/mol. The molecule has 0 aliphatic heterocycles. The zero-order valence-electron chi connectivity index (χ0n) is 19.4. The van der Waals surface area contributed by atoms with Crippen LogP contribution in [0.1, 0.15) is 22.9 Å². The van der Waals surface area contributed by atoms with Crippen molar-refractivity contribution in [3.8, 4) is 11.4 Å². The van der Waals surface area contributed by atoms with Crippen molar-refractivity contribution in [1.82, 2.24) is 25.1 Å². The first-order valence-corrected chi connectivity index (χ1v) is 12.8. The van der Waals surface area contributed by atoms with Crippen LogP contribution in [0.25, 0.3) is 5.69 Å². The molecule has 0 saturated carbocycles. The zero-order chi connectivity index (χ0) is 23.9. The predicted octanol–water partition coefficient (Wildman–Crippen LogP) is 4.79. The molecule has 0 radical (unpaired) electrons. The van der Waals surface area contributed by atoms with Crippen LogP contribution in [-0.2, 0) is 17.8 Å². The number of benzene rings is 2. The average Bonchev–Trinajstić information content (AvgIpc) is 3.53. The summed E-state index contributed by atoms with van der Waals surface area (Å²) in [5.41, 5.74) is 3.05. The van der Waals surface area contributed by atoms with Crippen molar-refractivity contribution >= 4 is 29.0 Å². The molecular formula is C25H27N5O2S2. The van der Waals surface area contributed by atoms with Crippen LogP contribution < -0.4 is 4.74 Å². The number of tetrazole rings is 1. The quantitative estimate of drug-likeness (QED) is 0.296. The number of hydrogen-bond acceptors (Lipinski definition) is 7. The largest absolute Gasteiger partial charge is 0.497 e. The second kappa shape index (κ2) is 11.3. The number of carbonyl (C=O) groups excluding carboxylic acids is 1. The standard InChI is InChI=1S/C25H27N5O2S2/c1-18-6-4-7-21(14-18)30-25(26-27-28-30)34-17-24(31)29(19(2)15-23-8-5-13-33-23)16-20-9-11-22(32-3)12-10-20/h4-14,19H,15-17H2,1-3H3/t19-/m1/s1. The molecule has 1 atom stereocenters. The number of nitrogens with zero attached hydrogens (tertiary/aromatic N) is 5. The van der Waals surface area contributed by atoms with E-state index in [1.807, 2.05) is 66.4 Å². The monoisotopic (exact) mass is 493 g/mol. The summed E-state index contributed by atoms with van der Waals surface area (Å²) in [5, 5.41) is 14.7. The Bertz CT molecular complexity index is 1210. The fourth-order valence-corrected chi connectivity index (χ4v) is 5.25. The zero-order valence-corrected chi connectivity index (χ0v) is 21.1. The molecule has 0 unspecified atom stereocenters. The maximum Gasteiger partial charge on any atom is 0.233 e. The van der Waals surface area contributed by atoms with E-state index in [-0.39, 0.29) is 17.7 Å². The Morgan fingerprint density at radius 1 is 1.18 bits per heavy atom. The molecule has 0 saturated heterocycles. The molecule has 2 aromatic carbocycles. The first-order valence-electron chi connectivity index (χ1n) is 11.0. The van der Waals surface area contributed by atoms with Crippen molar-refractivity contribution in [3.05, 3.63) is 82.0 Å². The highest BCUT2D eigenvalue weighted by atomic mass is 32.2. The van der Waals surface area contributed by atoms with E-state index in [1.165, 1.54) is 16.6 Å². The highest BCUT2D eigenvalue weighted by molar-refractivity contribution is 7.99. The molecule has 0 aliphatic carbocycles. The van der Waals surface area contributed by atoms with Gasteiger partial charge in [-0.15, -0.1) is 16.4 Å². The number of rotatable bonds is 10. The Labute approximate surface area is 207 Å². The van der Waals surface area contributed by atoms with E-state index < -0.39 is 0 Å². The van der Waals surface area contributed by atoms with Gasteiger partial charge >= 0.3 is 0 Å². The molecule has 2 heterocycles. The van der Waals surface area contributed by atoms with Crippen molar-refractivity contribution in [2.45, 2.75) is 38.0 Å². The van der Waals surface area contributed by atoms with Crippen LogP contribution in [-0.4, -0.2) is 49.9 Å². The minimum Gasteiger partial charge on any atom is -0.497 e. The van der Waals surface area contributed by atoms with Crippen LogP contribution in [0.3, 0.4) is 0 Å². The number of amides is 1. The molecule has 2 aromatic heterocycles. The normalized spacial score (nSPS) is 11.9.